The van der Waals surface area contributed by atoms with Gasteiger partial charge in [-0.25, -0.2) is 9.78 Å². The maximum atomic E-state index is 12.0. The molecule has 2 N–H and O–H groups in total. The number of rotatable bonds is 7. The highest BCUT2D eigenvalue weighted by atomic mass is 16.6. The number of carbonyl (C=O) groups is 1. The maximum Gasteiger partial charge on any atom is 0.319 e. The van der Waals surface area contributed by atoms with Gasteiger partial charge in [-0.05, 0) is 48.5 Å². The molecule has 9 nitrogen and oxygen atoms in total. The van der Waals surface area contributed by atoms with E-state index in [2.05, 4.69) is 15.6 Å². The number of para-hydroxylation sites is 2. The van der Waals surface area contributed by atoms with Gasteiger partial charge < -0.3 is 19.8 Å². The molecule has 0 aliphatic carbocycles. The van der Waals surface area contributed by atoms with Crippen LogP contribution in [0, 0.1) is 10.1 Å². The Kier molecular flexibility index (Phi) is 5.75. The molecule has 156 valence electrons. The normalized spacial score (nSPS) is 10.6. The summed E-state index contributed by atoms with van der Waals surface area (Å²) in [6, 6.07) is 20.1. The number of amides is 2. The highest BCUT2D eigenvalue weighted by molar-refractivity contribution is 5.89. The summed E-state index contributed by atoms with van der Waals surface area (Å²) in [5.74, 6) is 1.00. The van der Waals surface area contributed by atoms with Crippen molar-refractivity contribution in [3.05, 3.63) is 82.9 Å². The first-order valence-corrected chi connectivity index (χ1v) is 9.46. The Hall–Kier alpha value is -4.40. The van der Waals surface area contributed by atoms with E-state index in [9.17, 15) is 14.9 Å². The van der Waals surface area contributed by atoms with Gasteiger partial charge in [0.2, 0.25) is 5.89 Å². The zero-order valence-electron chi connectivity index (χ0n) is 16.3. The fraction of sp³-hybridized carbons (Fsp3) is 0.0909. The van der Waals surface area contributed by atoms with E-state index in [4.69, 9.17) is 9.15 Å². The molecule has 0 radical (unpaired) electrons. The van der Waals surface area contributed by atoms with Gasteiger partial charge in [-0.3, -0.25) is 10.1 Å². The number of oxazole rings is 1. The van der Waals surface area contributed by atoms with Crippen LogP contribution in [0.1, 0.15) is 0 Å². The van der Waals surface area contributed by atoms with Crippen LogP contribution in [-0.2, 0) is 0 Å². The maximum absolute atomic E-state index is 12.0. The summed E-state index contributed by atoms with van der Waals surface area (Å²) in [6.45, 7) is 0.492. The number of ether oxygens (including phenoxy) is 1. The van der Waals surface area contributed by atoms with Crippen molar-refractivity contribution in [2.45, 2.75) is 0 Å². The van der Waals surface area contributed by atoms with Gasteiger partial charge >= 0.3 is 6.03 Å². The molecule has 1 aromatic heterocycles. The quantitative estimate of drug-likeness (QED) is 0.257. The van der Waals surface area contributed by atoms with Crippen molar-refractivity contribution in [3.8, 4) is 17.2 Å². The minimum atomic E-state index is -0.477. The minimum absolute atomic E-state index is 0.00743. The van der Waals surface area contributed by atoms with Crippen LogP contribution in [0.3, 0.4) is 0 Å². The largest absolute Gasteiger partial charge is 0.492 e. The molecule has 4 aromatic rings. The molecule has 0 saturated heterocycles. The number of fused-ring (bicyclic) bond motifs is 1. The van der Waals surface area contributed by atoms with Crippen molar-refractivity contribution in [1.29, 1.82) is 0 Å². The summed E-state index contributed by atoms with van der Waals surface area (Å²) in [5, 5.41) is 16.0. The number of hydrogen-bond acceptors (Lipinski definition) is 6. The number of hydrogen-bond donors (Lipinski definition) is 2. The smallest absolute Gasteiger partial charge is 0.319 e. The van der Waals surface area contributed by atoms with Crippen LogP contribution < -0.4 is 15.4 Å². The summed E-state index contributed by atoms with van der Waals surface area (Å²) in [4.78, 5) is 26.6. The van der Waals surface area contributed by atoms with Gasteiger partial charge in [0.1, 0.15) is 17.9 Å². The first kappa shape index (κ1) is 19.9. The minimum Gasteiger partial charge on any atom is -0.492 e. The van der Waals surface area contributed by atoms with Gasteiger partial charge in [0.15, 0.2) is 5.58 Å². The number of nitro benzene ring substituents is 1. The molecule has 9 heteroatoms. The van der Waals surface area contributed by atoms with E-state index >= 15 is 0 Å². The predicted octanol–water partition coefficient (Wildman–Crippen LogP) is 4.60. The molecular weight excluding hydrogens is 400 g/mol. The third-order valence-electron chi connectivity index (χ3n) is 4.39. The lowest BCUT2D eigenvalue weighted by Crippen LogP contribution is -2.32. The zero-order valence-corrected chi connectivity index (χ0v) is 16.3. The van der Waals surface area contributed by atoms with Crippen molar-refractivity contribution in [2.75, 3.05) is 18.5 Å². The van der Waals surface area contributed by atoms with Crippen molar-refractivity contribution < 1.29 is 18.9 Å². The fourth-order valence-corrected chi connectivity index (χ4v) is 2.86. The fourth-order valence-electron chi connectivity index (χ4n) is 2.86. The van der Waals surface area contributed by atoms with Gasteiger partial charge in [-0.1, -0.05) is 12.1 Å². The third-order valence-corrected chi connectivity index (χ3v) is 4.39. The molecule has 0 fully saturated rings. The number of urea groups is 1. The molecule has 0 saturated carbocycles. The van der Waals surface area contributed by atoms with Crippen LogP contribution in [0.5, 0.6) is 5.75 Å². The lowest BCUT2D eigenvalue weighted by atomic mass is 10.2. The summed E-state index contributed by atoms with van der Waals surface area (Å²) >= 11 is 0. The van der Waals surface area contributed by atoms with Gasteiger partial charge in [0, 0.05) is 23.4 Å². The van der Waals surface area contributed by atoms with E-state index < -0.39 is 4.92 Å². The number of nitrogens with one attached hydrogen (secondary N) is 2. The summed E-state index contributed by atoms with van der Waals surface area (Å²) < 4.78 is 11.2. The van der Waals surface area contributed by atoms with E-state index in [0.717, 1.165) is 16.7 Å². The number of non-ortho nitro benzene ring substituents is 1. The number of benzene rings is 3. The molecule has 4 rings (SSSR count). The number of nitro groups is 1. The Morgan fingerprint density at radius 2 is 1.77 bits per heavy atom. The van der Waals surface area contributed by atoms with Crippen molar-refractivity contribution in [2.24, 2.45) is 0 Å². The molecule has 1 heterocycles. The predicted molar refractivity (Wildman–Crippen MR) is 115 cm³/mol. The summed E-state index contributed by atoms with van der Waals surface area (Å²) in [5.41, 5.74) is 2.92. The zero-order chi connectivity index (χ0) is 21.6. The van der Waals surface area contributed by atoms with E-state index in [1.54, 1.807) is 12.1 Å². The monoisotopic (exact) mass is 418 g/mol. The Labute approximate surface area is 176 Å². The Bertz CT molecular complexity index is 1170. The van der Waals surface area contributed by atoms with Gasteiger partial charge in [0.05, 0.1) is 11.5 Å². The van der Waals surface area contributed by atoms with E-state index in [0.29, 0.717) is 17.3 Å². The Morgan fingerprint density at radius 3 is 2.48 bits per heavy atom. The van der Waals surface area contributed by atoms with Crippen LogP contribution >= 0.6 is 0 Å². The SMILES string of the molecule is O=C(NCCOc1ccc([N+](=O)[O-])cc1)Nc1ccc(-c2nc3ccccc3o2)cc1. The lowest BCUT2D eigenvalue weighted by Gasteiger charge is -2.09. The summed E-state index contributed by atoms with van der Waals surface area (Å²) in [7, 11) is 0. The topological polar surface area (TPSA) is 120 Å². The van der Waals surface area contributed by atoms with Gasteiger partial charge in [-0.2, -0.15) is 0 Å². The molecule has 0 atom stereocenters. The first-order chi connectivity index (χ1) is 15.1. The highest BCUT2D eigenvalue weighted by Gasteiger charge is 2.09. The lowest BCUT2D eigenvalue weighted by molar-refractivity contribution is -0.384. The second-order valence-electron chi connectivity index (χ2n) is 6.54. The Morgan fingerprint density at radius 1 is 1.03 bits per heavy atom. The Balaban J connectivity index is 1.24. The van der Waals surface area contributed by atoms with Crippen LogP contribution in [0.2, 0.25) is 0 Å². The molecule has 31 heavy (non-hydrogen) atoms. The van der Waals surface area contributed by atoms with Gasteiger partial charge in [-0.15, -0.1) is 0 Å². The molecule has 0 bridgehead atoms. The van der Waals surface area contributed by atoms with E-state index in [-0.39, 0.29) is 24.9 Å². The van der Waals surface area contributed by atoms with Crippen LogP contribution in [0.4, 0.5) is 16.2 Å². The number of anilines is 1. The molecule has 3 aromatic carbocycles. The van der Waals surface area contributed by atoms with Crippen molar-refractivity contribution in [3.63, 3.8) is 0 Å². The van der Waals surface area contributed by atoms with Crippen LogP contribution in [0.25, 0.3) is 22.6 Å². The van der Waals surface area contributed by atoms with E-state index in [1.165, 1.54) is 24.3 Å². The number of aromatic nitrogens is 1. The van der Waals surface area contributed by atoms with Crippen LogP contribution in [0.15, 0.2) is 77.2 Å². The molecule has 2 amide bonds. The van der Waals surface area contributed by atoms with Crippen LogP contribution in [-0.4, -0.2) is 29.1 Å². The standard InChI is InChI=1S/C22H18N4O5/c27-22(23-13-14-30-18-11-9-17(10-12-18)26(28)29)24-16-7-5-15(6-8-16)21-25-19-3-1-2-4-20(19)31-21/h1-12H,13-14H2,(H2,23,24,27). The molecule has 0 aliphatic heterocycles. The number of nitrogens with zero attached hydrogens (tertiary/aromatic N) is 2. The average molecular weight is 418 g/mol. The molecule has 0 spiro atoms. The summed E-state index contributed by atoms with van der Waals surface area (Å²) in [6.07, 6.45) is 0. The number of carbonyl (C=O) groups excluding carboxylic acids is 1. The third kappa shape index (κ3) is 4.96. The van der Waals surface area contributed by atoms with Crippen molar-refractivity contribution in [1.82, 2.24) is 10.3 Å². The average Bonchev–Trinajstić information content (AvgIpc) is 3.22. The second-order valence-corrected chi connectivity index (χ2v) is 6.54. The second kappa shape index (κ2) is 8.95. The molecule has 0 aliphatic rings. The molecular formula is C22H18N4O5. The van der Waals surface area contributed by atoms with E-state index in [1.807, 2.05) is 36.4 Å². The van der Waals surface area contributed by atoms with Gasteiger partial charge in [0.25, 0.3) is 5.69 Å². The van der Waals surface area contributed by atoms with Crippen molar-refractivity contribution >= 4 is 28.5 Å². The highest BCUT2D eigenvalue weighted by Crippen LogP contribution is 2.25. The molecule has 0 unspecified atom stereocenters. The first-order valence-electron chi connectivity index (χ1n) is 9.46.